The van der Waals surface area contributed by atoms with Crippen molar-refractivity contribution in [1.29, 1.82) is 0 Å². The molecule has 3 aromatic heterocycles. The summed E-state index contributed by atoms with van der Waals surface area (Å²) in [5.74, 6) is 0.437. The second kappa shape index (κ2) is 4.06. The van der Waals surface area contributed by atoms with Crippen molar-refractivity contribution in [3.8, 4) is 0 Å². The molecule has 0 aliphatic carbocycles. The highest BCUT2D eigenvalue weighted by atomic mass is 16.2. The predicted octanol–water partition coefficient (Wildman–Crippen LogP) is 1.58. The molecule has 0 spiro atoms. The summed E-state index contributed by atoms with van der Waals surface area (Å²) in [7, 11) is 0. The van der Waals surface area contributed by atoms with Crippen molar-refractivity contribution in [1.82, 2.24) is 19.7 Å². The van der Waals surface area contributed by atoms with Crippen molar-refractivity contribution in [2.45, 2.75) is 6.17 Å². The molecule has 2 N–H and O–H groups in total. The Labute approximate surface area is 114 Å². The fourth-order valence-corrected chi connectivity index (χ4v) is 2.33. The molecule has 1 aliphatic rings. The van der Waals surface area contributed by atoms with Gasteiger partial charge in [-0.2, -0.15) is 0 Å². The van der Waals surface area contributed by atoms with E-state index in [1.165, 1.54) is 0 Å². The second-order valence-corrected chi connectivity index (χ2v) is 4.58. The van der Waals surface area contributed by atoms with E-state index in [0.717, 1.165) is 11.3 Å². The molecular weight excluding hydrogens is 254 g/mol. The third-order valence-electron chi connectivity index (χ3n) is 3.29. The van der Waals surface area contributed by atoms with E-state index < -0.39 is 0 Å². The molecule has 6 heteroatoms. The van der Waals surface area contributed by atoms with Crippen molar-refractivity contribution in [3.05, 3.63) is 60.2 Å². The number of anilines is 1. The number of aromatic nitrogens is 3. The highest BCUT2D eigenvalue weighted by molar-refractivity contribution is 6.00. The number of carbonyl (C=O) groups is 1. The Hall–Kier alpha value is -2.89. The number of imidazole rings is 1. The van der Waals surface area contributed by atoms with E-state index in [0.29, 0.717) is 11.4 Å². The maximum atomic E-state index is 12.1. The Morgan fingerprint density at radius 2 is 2.10 bits per heavy atom. The normalized spacial score (nSPS) is 17.4. The van der Waals surface area contributed by atoms with Gasteiger partial charge in [-0.3, -0.25) is 4.79 Å². The molecule has 0 saturated heterocycles. The van der Waals surface area contributed by atoms with Gasteiger partial charge in [-0.15, -0.1) is 0 Å². The molecule has 1 amide bonds. The summed E-state index contributed by atoms with van der Waals surface area (Å²) < 4.78 is 1.91. The van der Waals surface area contributed by atoms with Gasteiger partial charge in [0.2, 0.25) is 0 Å². The summed E-state index contributed by atoms with van der Waals surface area (Å²) in [4.78, 5) is 20.8. The summed E-state index contributed by atoms with van der Waals surface area (Å²) in [6.45, 7) is 0. The van der Waals surface area contributed by atoms with Crippen LogP contribution in [0.25, 0.3) is 5.65 Å². The molecule has 4 heterocycles. The van der Waals surface area contributed by atoms with Crippen molar-refractivity contribution < 1.29 is 4.79 Å². The van der Waals surface area contributed by atoms with Crippen LogP contribution in [0.3, 0.4) is 0 Å². The number of nitrogens with one attached hydrogen (secondary N) is 2. The summed E-state index contributed by atoms with van der Waals surface area (Å²) in [6.07, 6.45) is 5.10. The monoisotopic (exact) mass is 265 g/mol. The topological polar surface area (TPSA) is 71.3 Å². The Balaban J connectivity index is 1.75. The molecule has 98 valence electrons. The van der Waals surface area contributed by atoms with E-state index in [9.17, 15) is 4.79 Å². The maximum Gasteiger partial charge on any atom is 0.256 e. The molecule has 1 unspecified atom stereocenters. The molecule has 0 aromatic carbocycles. The fourth-order valence-electron chi connectivity index (χ4n) is 2.33. The lowest BCUT2D eigenvalue weighted by molar-refractivity contribution is 0.0934. The standard InChI is InChI=1S/C14H11N5O/c20-14-9-4-3-6-15-12(9)17-13(18-14)10-8-19-7-2-1-5-11(19)16-10/h1-8,13H,(H,15,17)(H,18,20). The maximum absolute atomic E-state index is 12.1. The zero-order valence-corrected chi connectivity index (χ0v) is 10.4. The van der Waals surface area contributed by atoms with Crippen molar-refractivity contribution >= 4 is 17.4 Å². The Morgan fingerprint density at radius 3 is 3.00 bits per heavy atom. The molecule has 1 aliphatic heterocycles. The Morgan fingerprint density at radius 1 is 1.15 bits per heavy atom. The van der Waals surface area contributed by atoms with Crippen LogP contribution in [0, 0.1) is 0 Å². The third kappa shape index (κ3) is 1.62. The van der Waals surface area contributed by atoms with E-state index in [1.54, 1.807) is 18.3 Å². The molecular formula is C14H11N5O. The summed E-state index contributed by atoms with van der Waals surface area (Å²) in [5, 5.41) is 6.07. The zero-order valence-electron chi connectivity index (χ0n) is 10.4. The molecule has 6 nitrogen and oxygen atoms in total. The zero-order chi connectivity index (χ0) is 13.5. The van der Waals surface area contributed by atoms with Gasteiger partial charge in [0.1, 0.15) is 23.3 Å². The SMILES string of the molecule is O=C1NC(c2cn3ccccc3n2)Nc2ncccc21. The molecule has 20 heavy (non-hydrogen) atoms. The average molecular weight is 265 g/mol. The molecule has 1 atom stereocenters. The first-order valence-electron chi connectivity index (χ1n) is 6.27. The number of fused-ring (bicyclic) bond motifs is 2. The third-order valence-corrected chi connectivity index (χ3v) is 3.29. The highest BCUT2D eigenvalue weighted by Gasteiger charge is 2.26. The minimum atomic E-state index is -0.371. The number of carbonyl (C=O) groups excluding carboxylic acids is 1. The van der Waals surface area contributed by atoms with Gasteiger partial charge in [-0.1, -0.05) is 6.07 Å². The van der Waals surface area contributed by atoms with Gasteiger partial charge < -0.3 is 15.0 Å². The van der Waals surface area contributed by atoms with Gasteiger partial charge in [0, 0.05) is 18.6 Å². The Bertz CT molecular complexity index is 777. The highest BCUT2D eigenvalue weighted by Crippen LogP contribution is 2.23. The van der Waals surface area contributed by atoms with Gasteiger partial charge in [0.05, 0.1) is 5.56 Å². The lowest BCUT2D eigenvalue weighted by Crippen LogP contribution is -2.39. The molecule has 3 aromatic rings. The summed E-state index contributed by atoms with van der Waals surface area (Å²) in [5.41, 5.74) is 2.14. The number of hydrogen-bond donors (Lipinski definition) is 2. The largest absolute Gasteiger partial charge is 0.344 e. The smallest absolute Gasteiger partial charge is 0.256 e. The minimum absolute atomic E-state index is 0.145. The van der Waals surface area contributed by atoms with Crippen LogP contribution in [-0.2, 0) is 0 Å². The second-order valence-electron chi connectivity index (χ2n) is 4.58. The van der Waals surface area contributed by atoms with Gasteiger partial charge in [0.15, 0.2) is 0 Å². The quantitative estimate of drug-likeness (QED) is 0.701. The first-order chi connectivity index (χ1) is 9.81. The van der Waals surface area contributed by atoms with Crippen LogP contribution in [0.4, 0.5) is 5.82 Å². The summed E-state index contributed by atoms with van der Waals surface area (Å²) >= 11 is 0. The summed E-state index contributed by atoms with van der Waals surface area (Å²) in [6, 6.07) is 9.26. The van der Waals surface area contributed by atoms with E-state index in [2.05, 4.69) is 20.6 Å². The number of rotatable bonds is 1. The van der Waals surface area contributed by atoms with E-state index in [1.807, 2.05) is 35.0 Å². The Kier molecular flexibility index (Phi) is 2.23. The molecule has 0 fully saturated rings. The number of pyridine rings is 2. The van der Waals surface area contributed by atoms with E-state index >= 15 is 0 Å². The average Bonchev–Trinajstić information content (AvgIpc) is 2.91. The first kappa shape index (κ1) is 11.0. The molecule has 0 saturated carbocycles. The molecule has 0 bridgehead atoms. The van der Waals surface area contributed by atoms with Crippen LogP contribution in [0.15, 0.2) is 48.9 Å². The predicted molar refractivity (Wildman–Crippen MR) is 73.3 cm³/mol. The molecule has 0 radical (unpaired) electrons. The lowest BCUT2D eigenvalue weighted by atomic mass is 10.1. The van der Waals surface area contributed by atoms with Gasteiger partial charge in [-0.25, -0.2) is 9.97 Å². The lowest BCUT2D eigenvalue weighted by Gasteiger charge is -2.25. The number of nitrogens with zero attached hydrogens (tertiary/aromatic N) is 3. The van der Waals surface area contributed by atoms with E-state index in [4.69, 9.17) is 0 Å². The van der Waals surface area contributed by atoms with Crippen LogP contribution >= 0.6 is 0 Å². The van der Waals surface area contributed by atoms with Gasteiger partial charge in [0.25, 0.3) is 5.91 Å². The van der Waals surface area contributed by atoms with Crippen molar-refractivity contribution in [3.63, 3.8) is 0 Å². The van der Waals surface area contributed by atoms with Crippen LogP contribution < -0.4 is 10.6 Å². The first-order valence-corrected chi connectivity index (χ1v) is 6.27. The van der Waals surface area contributed by atoms with Crippen molar-refractivity contribution in [2.24, 2.45) is 0 Å². The van der Waals surface area contributed by atoms with E-state index in [-0.39, 0.29) is 12.1 Å². The fraction of sp³-hybridized carbons (Fsp3) is 0.0714. The number of amides is 1. The van der Waals surface area contributed by atoms with Gasteiger partial charge in [-0.05, 0) is 24.3 Å². The van der Waals surface area contributed by atoms with Crippen LogP contribution in [0.5, 0.6) is 0 Å². The minimum Gasteiger partial charge on any atom is -0.344 e. The van der Waals surface area contributed by atoms with Crippen LogP contribution in [-0.4, -0.2) is 20.3 Å². The van der Waals surface area contributed by atoms with Crippen molar-refractivity contribution in [2.75, 3.05) is 5.32 Å². The van der Waals surface area contributed by atoms with Crippen LogP contribution in [0.2, 0.25) is 0 Å². The molecule has 4 rings (SSSR count). The van der Waals surface area contributed by atoms with Gasteiger partial charge >= 0.3 is 0 Å². The number of hydrogen-bond acceptors (Lipinski definition) is 4. The van der Waals surface area contributed by atoms with Crippen LogP contribution in [0.1, 0.15) is 22.2 Å².